The number of ether oxygens (including phenoxy) is 2. The quantitative estimate of drug-likeness (QED) is 0.711. The predicted octanol–water partition coefficient (Wildman–Crippen LogP) is 2.27. The predicted molar refractivity (Wildman–Crippen MR) is 71.5 cm³/mol. The Morgan fingerprint density at radius 3 is 2.72 bits per heavy atom. The molecule has 18 heavy (non-hydrogen) atoms. The van der Waals surface area contributed by atoms with Gasteiger partial charge in [-0.2, -0.15) is 0 Å². The lowest BCUT2D eigenvalue weighted by molar-refractivity contribution is -0.143. The Morgan fingerprint density at radius 2 is 2.11 bits per heavy atom. The van der Waals surface area contributed by atoms with E-state index in [1.54, 1.807) is 0 Å². The molecule has 0 aromatic carbocycles. The molecular formula is C14H27NO3. The zero-order valence-electron chi connectivity index (χ0n) is 12.0. The summed E-state index contributed by atoms with van der Waals surface area (Å²) >= 11 is 0. The minimum absolute atomic E-state index is 0.0415. The fourth-order valence-electron chi connectivity index (χ4n) is 2.56. The molecule has 1 fully saturated rings. The van der Waals surface area contributed by atoms with Gasteiger partial charge in [-0.1, -0.05) is 13.8 Å². The van der Waals surface area contributed by atoms with E-state index in [1.165, 1.54) is 0 Å². The van der Waals surface area contributed by atoms with Crippen molar-refractivity contribution in [3.05, 3.63) is 0 Å². The molecular weight excluding hydrogens is 230 g/mol. The van der Waals surface area contributed by atoms with Crippen molar-refractivity contribution in [1.82, 2.24) is 5.32 Å². The number of hydrogen-bond acceptors (Lipinski definition) is 4. The molecule has 0 aromatic rings. The van der Waals surface area contributed by atoms with Crippen molar-refractivity contribution >= 4 is 5.97 Å². The van der Waals surface area contributed by atoms with Crippen molar-refractivity contribution in [2.75, 3.05) is 19.8 Å². The van der Waals surface area contributed by atoms with E-state index in [1.807, 2.05) is 6.92 Å². The highest BCUT2D eigenvalue weighted by Crippen LogP contribution is 2.31. The van der Waals surface area contributed by atoms with Gasteiger partial charge in [0.05, 0.1) is 18.6 Å². The molecule has 0 aromatic heterocycles. The molecule has 4 heteroatoms. The van der Waals surface area contributed by atoms with Crippen molar-refractivity contribution in [3.8, 4) is 0 Å². The van der Waals surface area contributed by atoms with E-state index < -0.39 is 0 Å². The summed E-state index contributed by atoms with van der Waals surface area (Å²) in [5.74, 6) is -0.116. The average molecular weight is 257 g/mol. The first-order chi connectivity index (χ1) is 8.65. The molecule has 1 aliphatic rings. The molecule has 1 saturated heterocycles. The molecule has 1 atom stereocenters. The molecule has 0 spiro atoms. The summed E-state index contributed by atoms with van der Waals surface area (Å²) in [6, 6.07) is 0.466. The summed E-state index contributed by atoms with van der Waals surface area (Å²) in [4.78, 5) is 11.2. The van der Waals surface area contributed by atoms with Crippen LogP contribution in [0.3, 0.4) is 0 Å². The summed E-state index contributed by atoms with van der Waals surface area (Å²) in [5, 5.41) is 3.45. The van der Waals surface area contributed by atoms with E-state index in [9.17, 15) is 4.79 Å². The van der Waals surface area contributed by atoms with Crippen molar-refractivity contribution in [1.29, 1.82) is 0 Å². The van der Waals surface area contributed by atoms with E-state index >= 15 is 0 Å². The topological polar surface area (TPSA) is 47.6 Å². The lowest BCUT2D eigenvalue weighted by Gasteiger charge is -2.40. The summed E-state index contributed by atoms with van der Waals surface area (Å²) < 4.78 is 10.8. The Balaban J connectivity index is 2.28. The highest BCUT2D eigenvalue weighted by atomic mass is 16.5. The first-order valence-electron chi connectivity index (χ1n) is 7.18. The molecule has 4 nitrogen and oxygen atoms in total. The van der Waals surface area contributed by atoms with Gasteiger partial charge in [0.25, 0.3) is 0 Å². The zero-order chi connectivity index (χ0) is 13.4. The van der Waals surface area contributed by atoms with Crippen molar-refractivity contribution in [2.45, 2.75) is 64.5 Å². The van der Waals surface area contributed by atoms with Crippen LogP contribution in [0.1, 0.15) is 52.9 Å². The van der Waals surface area contributed by atoms with Crippen LogP contribution in [0.2, 0.25) is 0 Å². The molecule has 1 heterocycles. The highest BCUT2D eigenvalue weighted by molar-refractivity contribution is 5.69. The molecule has 0 saturated carbocycles. The average Bonchev–Trinajstić information content (AvgIpc) is 2.39. The molecule has 1 N–H and O–H groups in total. The van der Waals surface area contributed by atoms with E-state index in [-0.39, 0.29) is 11.6 Å². The van der Waals surface area contributed by atoms with Crippen LogP contribution in [0.4, 0.5) is 0 Å². The van der Waals surface area contributed by atoms with E-state index in [0.29, 0.717) is 25.6 Å². The van der Waals surface area contributed by atoms with Crippen LogP contribution >= 0.6 is 0 Å². The third kappa shape index (κ3) is 4.58. The second kappa shape index (κ2) is 7.74. The molecule has 0 radical (unpaired) electrons. The van der Waals surface area contributed by atoms with Gasteiger partial charge in [-0.3, -0.25) is 4.79 Å². The van der Waals surface area contributed by atoms with Gasteiger partial charge in [0.15, 0.2) is 0 Å². The van der Waals surface area contributed by atoms with Gasteiger partial charge in [-0.25, -0.2) is 0 Å². The molecule has 106 valence electrons. The zero-order valence-corrected chi connectivity index (χ0v) is 12.0. The monoisotopic (exact) mass is 257 g/mol. The number of hydrogen-bond donors (Lipinski definition) is 1. The summed E-state index contributed by atoms with van der Waals surface area (Å²) in [6.07, 6.45) is 4.64. The Bertz CT molecular complexity index is 251. The van der Waals surface area contributed by atoms with Crippen LogP contribution < -0.4 is 5.32 Å². The highest BCUT2D eigenvalue weighted by Gasteiger charge is 2.34. The maximum absolute atomic E-state index is 11.2. The third-order valence-electron chi connectivity index (χ3n) is 3.85. The normalized spacial score (nSPS) is 22.7. The molecule has 0 aliphatic carbocycles. The minimum Gasteiger partial charge on any atom is -0.466 e. The largest absolute Gasteiger partial charge is 0.466 e. The number of rotatable bonds is 7. The fraction of sp³-hybridized carbons (Fsp3) is 0.929. The van der Waals surface area contributed by atoms with E-state index in [0.717, 1.165) is 32.3 Å². The molecule has 1 unspecified atom stereocenters. The van der Waals surface area contributed by atoms with Crippen molar-refractivity contribution < 1.29 is 14.3 Å². The van der Waals surface area contributed by atoms with Crippen LogP contribution in [0.15, 0.2) is 0 Å². The van der Waals surface area contributed by atoms with Crippen LogP contribution in [-0.4, -0.2) is 37.4 Å². The van der Waals surface area contributed by atoms with Gasteiger partial charge in [0.1, 0.15) is 0 Å². The Labute approximate surface area is 110 Å². The SMILES string of the molecule is CCOC(=O)CCNC1CCOC(CC)(CC)C1. The summed E-state index contributed by atoms with van der Waals surface area (Å²) in [7, 11) is 0. The van der Waals surface area contributed by atoms with Gasteiger partial charge in [-0.15, -0.1) is 0 Å². The lowest BCUT2D eigenvalue weighted by Crippen LogP contribution is -2.46. The number of carbonyl (C=O) groups is 1. The standard InChI is InChI=1S/C14H27NO3/c1-4-14(5-2)11-12(8-10-18-14)15-9-7-13(16)17-6-3/h12,15H,4-11H2,1-3H3. The molecule has 0 amide bonds. The summed E-state index contributed by atoms with van der Waals surface area (Å²) in [6.45, 7) is 8.19. The van der Waals surface area contributed by atoms with Crippen LogP contribution in [0.5, 0.6) is 0 Å². The molecule has 1 rings (SSSR count). The Hall–Kier alpha value is -0.610. The summed E-state index contributed by atoms with van der Waals surface area (Å²) in [5.41, 5.74) is 0.0415. The van der Waals surface area contributed by atoms with Crippen molar-refractivity contribution in [2.24, 2.45) is 0 Å². The Kier molecular flexibility index (Phi) is 6.65. The number of esters is 1. The Morgan fingerprint density at radius 1 is 1.39 bits per heavy atom. The molecule has 0 bridgehead atoms. The van der Waals surface area contributed by atoms with Gasteiger partial charge < -0.3 is 14.8 Å². The maximum Gasteiger partial charge on any atom is 0.307 e. The van der Waals surface area contributed by atoms with Gasteiger partial charge >= 0.3 is 5.97 Å². The van der Waals surface area contributed by atoms with E-state index in [4.69, 9.17) is 9.47 Å². The first kappa shape index (κ1) is 15.4. The second-order valence-corrected chi connectivity index (χ2v) is 4.94. The van der Waals surface area contributed by atoms with Gasteiger partial charge in [0.2, 0.25) is 0 Å². The molecule has 1 aliphatic heterocycles. The number of carbonyl (C=O) groups excluding carboxylic acids is 1. The lowest BCUT2D eigenvalue weighted by atomic mass is 9.86. The second-order valence-electron chi connectivity index (χ2n) is 4.94. The first-order valence-corrected chi connectivity index (χ1v) is 7.18. The van der Waals surface area contributed by atoms with E-state index in [2.05, 4.69) is 19.2 Å². The van der Waals surface area contributed by atoms with Crippen LogP contribution in [-0.2, 0) is 14.3 Å². The van der Waals surface area contributed by atoms with Gasteiger partial charge in [0, 0.05) is 19.2 Å². The van der Waals surface area contributed by atoms with Crippen molar-refractivity contribution in [3.63, 3.8) is 0 Å². The van der Waals surface area contributed by atoms with Crippen LogP contribution in [0.25, 0.3) is 0 Å². The van der Waals surface area contributed by atoms with Crippen LogP contribution in [0, 0.1) is 0 Å². The van der Waals surface area contributed by atoms with Gasteiger partial charge in [-0.05, 0) is 32.6 Å². The third-order valence-corrected chi connectivity index (χ3v) is 3.85. The maximum atomic E-state index is 11.2. The smallest absolute Gasteiger partial charge is 0.307 e. The minimum atomic E-state index is -0.116. The number of nitrogens with one attached hydrogen (secondary N) is 1. The fourth-order valence-corrected chi connectivity index (χ4v) is 2.56.